The van der Waals surface area contributed by atoms with Crippen LogP contribution in [0.2, 0.25) is 0 Å². The zero-order valence-corrected chi connectivity index (χ0v) is 12.7. The van der Waals surface area contributed by atoms with Crippen LogP contribution in [-0.2, 0) is 5.41 Å². The molecule has 1 aliphatic heterocycles. The zero-order chi connectivity index (χ0) is 14.0. The van der Waals surface area contributed by atoms with Crippen molar-refractivity contribution in [1.29, 1.82) is 0 Å². The van der Waals surface area contributed by atoms with Crippen molar-refractivity contribution in [3.63, 3.8) is 0 Å². The molecule has 0 aromatic heterocycles. The summed E-state index contributed by atoms with van der Waals surface area (Å²) in [6.07, 6.45) is 2.00. The molecule has 0 N–H and O–H groups in total. The van der Waals surface area contributed by atoms with E-state index < -0.39 is 0 Å². The molecule has 19 heavy (non-hydrogen) atoms. The molecule has 1 heterocycles. The molecule has 1 amide bonds. The van der Waals surface area contributed by atoms with Crippen LogP contribution < -0.4 is 0 Å². The number of carbonyl (C=O) groups is 1. The number of likely N-dealkylation sites (tertiary alicyclic amines) is 1. The highest BCUT2D eigenvalue weighted by Crippen LogP contribution is 2.27. The molecule has 1 saturated heterocycles. The molecule has 1 unspecified atom stereocenters. The number of nitrogens with zero attached hydrogens (tertiary/aromatic N) is 1. The van der Waals surface area contributed by atoms with Crippen molar-refractivity contribution in [3.05, 3.63) is 35.4 Å². The number of benzene rings is 1. The number of piperidine rings is 1. The fourth-order valence-electron chi connectivity index (χ4n) is 2.60. The molecule has 1 atom stereocenters. The Kier molecular flexibility index (Phi) is 4.19. The number of hydrogen-bond donors (Lipinski definition) is 0. The molecule has 0 bridgehead atoms. The lowest BCUT2D eigenvalue weighted by atomic mass is 9.83. The normalized spacial score (nSPS) is 20.4. The van der Waals surface area contributed by atoms with Crippen LogP contribution in [-0.4, -0.2) is 29.3 Å². The van der Waals surface area contributed by atoms with Gasteiger partial charge in [-0.3, -0.25) is 4.79 Å². The van der Waals surface area contributed by atoms with E-state index in [0.29, 0.717) is 6.54 Å². The third kappa shape index (κ3) is 3.30. The summed E-state index contributed by atoms with van der Waals surface area (Å²) in [4.78, 5) is 14.6. The highest BCUT2D eigenvalue weighted by Gasteiger charge is 2.27. The second-order valence-corrected chi connectivity index (χ2v) is 6.90. The average Bonchev–Trinajstić information content (AvgIpc) is 2.37. The quantitative estimate of drug-likeness (QED) is 0.716. The predicted octanol–water partition coefficient (Wildman–Crippen LogP) is 3.83. The topological polar surface area (TPSA) is 20.3 Å². The Bertz CT molecular complexity index is 464. The number of hydrogen-bond acceptors (Lipinski definition) is 1. The van der Waals surface area contributed by atoms with E-state index in [9.17, 15) is 4.79 Å². The van der Waals surface area contributed by atoms with Gasteiger partial charge in [-0.1, -0.05) is 39.0 Å². The highest BCUT2D eigenvalue weighted by atomic mass is 35.5. The van der Waals surface area contributed by atoms with E-state index in [1.165, 1.54) is 0 Å². The first kappa shape index (κ1) is 14.4. The average molecular weight is 280 g/mol. The third-order valence-corrected chi connectivity index (χ3v) is 3.97. The van der Waals surface area contributed by atoms with Gasteiger partial charge in [0.05, 0.1) is 5.38 Å². The molecule has 1 aromatic rings. The second kappa shape index (κ2) is 5.54. The molecule has 0 spiro atoms. The summed E-state index contributed by atoms with van der Waals surface area (Å²) in [5.74, 6) is 0.121. The number of alkyl halides is 1. The summed E-state index contributed by atoms with van der Waals surface area (Å²) in [7, 11) is 0. The van der Waals surface area contributed by atoms with Gasteiger partial charge in [0.15, 0.2) is 0 Å². The Labute approximate surface area is 120 Å². The van der Waals surface area contributed by atoms with E-state index in [-0.39, 0.29) is 16.7 Å². The van der Waals surface area contributed by atoms with Crippen LogP contribution in [0.15, 0.2) is 24.3 Å². The maximum atomic E-state index is 12.7. The van der Waals surface area contributed by atoms with Crippen LogP contribution in [0, 0.1) is 0 Å². The molecule has 2 nitrogen and oxygen atoms in total. The molecule has 3 heteroatoms. The van der Waals surface area contributed by atoms with Crippen molar-refractivity contribution >= 4 is 17.5 Å². The lowest BCUT2D eigenvalue weighted by Gasteiger charge is -2.31. The van der Waals surface area contributed by atoms with Crippen LogP contribution in [0.5, 0.6) is 0 Å². The van der Waals surface area contributed by atoms with Gasteiger partial charge in [0.1, 0.15) is 0 Å². The van der Waals surface area contributed by atoms with Crippen molar-refractivity contribution in [1.82, 2.24) is 4.90 Å². The summed E-state index contributed by atoms with van der Waals surface area (Å²) in [5.41, 5.74) is 1.90. The van der Waals surface area contributed by atoms with Crippen molar-refractivity contribution in [3.8, 4) is 0 Å². The standard InChI is InChI=1S/C16H22ClNO/c1-16(2,3)14-9-5-4-8-13(14)15(19)18-10-6-7-12(17)11-18/h4-5,8-9,12H,6-7,10-11H2,1-3H3. The first-order valence-electron chi connectivity index (χ1n) is 6.92. The Morgan fingerprint density at radius 1 is 1.32 bits per heavy atom. The largest absolute Gasteiger partial charge is 0.337 e. The van der Waals surface area contributed by atoms with Crippen LogP contribution in [0.4, 0.5) is 0 Å². The van der Waals surface area contributed by atoms with Gasteiger partial charge in [-0.15, -0.1) is 11.6 Å². The maximum absolute atomic E-state index is 12.7. The zero-order valence-electron chi connectivity index (χ0n) is 11.9. The van der Waals surface area contributed by atoms with Crippen LogP contribution in [0.3, 0.4) is 0 Å². The molecule has 0 radical (unpaired) electrons. The lowest BCUT2D eigenvalue weighted by molar-refractivity contribution is 0.0724. The van der Waals surface area contributed by atoms with Gasteiger partial charge in [0.25, 0.3) is 5.91 Å². The van der Waals surface area contributed by atoms with Gasteiger partial charge in [-0.05, 0) is 29.9 Å². The van der Waals surface area contributed by atoms with Crippen molar-refractivity contribution in [2.75, 3.05) is 13.1 Å². The number of carbonyl (C=O) groups excluding carboxylic acids is 1. The molecule has 1 aromatic carbocycles. The Hall–Kier alpha value is -1.02. The molecule has 104 valence electrons. The number of amides is 1. The van der Waals surface area contributed by atoms with E-state index >= 15 is 0 Å². The maximum Gasteiger partial charge on any atom is 0.254 e. The molecular formula is C16H22ClNO. The predicted molar refractivity (Wildman–Crippen MR) is 79.9 cm³/mol. The Morgan fingerprint density at radius 3 is 2.63 bits per heavy atom. The smallest absolute Gasteiger partial charge is 0.254 e. The lowest BCUT2D eigenvalue weighted by Crippen LogP contribution is -2.41. The minimum Gasteiger partial charge on any atom is -0.337 e. The van der Waals surface area contributed by atoms with Gasteiger partial charge >= 0.3 is 0 Å². The van der Waals surface area contributed by atoms with E-state index in [1.54, 1.807) is 0 Å². The van der Waals surface area contributed by atoms with Crippen LogP contribution in [0.25, 0.3) is 0 Å². The van der Waals surface area contributed by atoms with Gasteiger partial charge in [-0.25, -0.2) is 0 Å². The minimum atomic E-state index is -0.0254. The first-order chi connectivity index (χ1) is 8.89. The van der Waals surface area contributed by atoms with Gasteiger partial charge in [0, 0.05) is 18.7 Å². The third-order valence-electron chi connectivity index (χ3n) is 3.62. The fraction of sp³-hybridized carbons (Fsp3) is 0.562. The van der Waals surface area contributed by atoms with Crippen LogP contribution in [0.1, 0.15) is 49.5 Å². The highest BCUT2D eigenvalue weighted by molar-refractivity contribution is 6.21. The summed E-state index contributed by atoms with van der Waals surface area (Å²) in [6, 6.07) is 7.92. The van der Waals surface area contributed by atoms with Crippen molar-refractivity contribution < 1.29 is 4.79 Å². The molecule has 0 aliphatic carbocycles. The molecule has 2 rings (SSSR count). The molecule has 1 fully saturated rings. The summed E-state index contributed by atoms with van der Waals surface area (Å²) >= 11 is 6.18. The SMILES string of the molecule is CC(C)(C)c1ccccc1C(=O)N1CCCC(Cl)C1. The minimum absolute atomic E-state index is 0.0254. The van der Waals surface area contributed by atoms with E-state index in [4.69, 9.17) is 11.6 Å². The van der Waals surface area contributed by atoms with E-state index in [1.807, 2.05) is 23.1 Å². The van der Waals surface area contributed by atoms with E-state index in [2.05, 4.69) is 26.8 Å². The van der Waals surface area contributed by atoms with Crippen molar-refractivity contribution in [2.45, 2.75) is 44.4 Å². The van der Waals surface area contributed by atoms with E-state index in [0.717, 1.165) is 30.5 Å². The fourth-order valence-corrected chi connectivity index (χ4v) is 2.92. The monoisotopic (exact) mass is 279 g/mol. The molecule has 0 saturated carbocycles. The van der Waals surface area contributed by atoms with Crippen molar-refractivity contribution in [2.24, 2.45) is 0 Å². The van der Waals surface area contributed by atoms with Crippen LogP contribution >= 0.6 is 11.6 Å². The van der Waals surface area contributed by atoms with Gasteiger partial charge < -0.3 is 4.90 Å². The van der Waals surface area contributed by atoms with Gasteiger partial charge in [0.2, 0.25) is 0 Å². The molecular weight excluding hydrogens is 258 g/mol. The Balaban J connectivity index is 2.29. The number of rotatable bonds is 1. The summed E-state index contributed by atoms with van der Waals surface area (Å²) in [6.45, 7) is 7.90. The first-order valence-corrected chi connectivity index (χ1v) is 7.36. The van der Waals surface area contributed by atoms with Gasteiger partial charge in [-0.2, -0.15) is 0 Å². The summed E-state index contributed by atoms with van der Waals surface area (Å²) in [5, 5.41) is 0.0968. The Morgan fingerprint density at radius 2 is 2.00 bits per heavy atom. The molecule has 1 aliphatic rings. The summed E-state index contributed by atoms with van der Waals surface area (Å²) < 4.78 is 0. The second-order valence-electron chi connectivity index (χ2n) is 6.29. The number of halogens is 1.